The third-order valence-corrected chi connectivity index (χ3v) is 3.93. The second kappa shape index (κ2) is 6.64. The molecule has 1 amide bonds. The monoisotopic (exact) mass is 324 g/mol. The average Bonchev–Trinajstić information content (AvgIpc) is 2.88. The molecule has 1 aromatic heterocycles. The van der Waals surface area contributed by atoms with Crippen molar-refractivity contribution in [1.29, 1.82) is 0 Å². The van der Waals surface area contributed by atoms with Gasteiger partial charge in [0.15, 0.2) is 0 Å². The number of β-amino-alcohol motifs (C(OH)–C–C–N with tert-alkyl or cyclic N) is 1. The Kier molecular flexibility index (Phi) is 4.39. The molecule has 24 heavy (non-hydrogen) atoms. The number of carbonyl (C=O) groups excluding carboxylic acids is 2. The van der Waals surface area contributed by atoms with Crippen LogP contribution < -0.4 is 0 Å². The molecule has 122 valence electrons. The SMILES string of the molecule is O=C1C(=O)N(CCO)C(c2cccnc2)/C1=C(/O)c1ccccc1. The van der Waals surface area contributed by atoms with E-state index in [9.17, 15) is 19.8 Å². The maximum absolute atomic E-state index is 12.5. The minimum absolute atomic E-state index is 0.00426. The number of likely N-dealkylation sites (tertiary alicyclic amines) is 1. The van der Waals surface area contributed by atoms with E-state index >= 15 is 0 Å². The van der Waals surface area contributed by atoms with Crippen molar-refractivity contribution in [3.8, 4) is 0 Å². The van der Waals surface area contributed by atoms with Crippen LogP contribution in [-0.4, -0.2) is 44.9 Å². The molecular formula is C18H16N2O4. The fourth-order valence-corrected chi connectivity index (χ4v) is 2.85. The lowest BCUT2D eigenvalue weighted by Gasteiger charge is -2.24. The molecule has 1 aliphatic heterocycles. The molecule has 1 aromatic carbocycles. The van der Waals surface area contributed by atoms with Gasteiger partial charge in [-0.2, -0.15) is 0 Å². The van der Waals surface area contributed by atoms with Gasteiger partial charge in [0.25, 0.3) is 11.7 Å². The molecule has 3 rings (SSSR count). The first-order valence-corrected chi connectivity index (χ1v) is 7.49. The number of carbonyl (C=O) groups is 2. The number of benzene rings is 1. The van der Waals surface area contributed by atoms with Crippen LogP contribution in [0.2, 0.25) is 0 Å². The number of nitrogens with zero attached hydrogens (tertiary/aromatic N) is 2. The predicted molar refractivity (Wildman–Crippen MR) is 86.8 cm³/mol. The Morgan fingerprint density at radius 3 is 2.50 bits per heavy atom. The van der Waals surface area contributed by atoms with Crippen LogP contribution in [0.1, 0.15) is 17.2 Å². The van der Waals surface area contributed by atoms with Gasteiger partial charge < -0.3 is 15.1 Å². The standard InChI is InChI=1S/C18H16N2O4/c21-10-9-20-15(13-7-4-8-19-11-13)14(17(23)18(20)24)16(22)12-5-2-1-3-6-12/h1-8,11,15,21-22H,9-10H2/b16-14-. The number of aliphatic hydroxyl groups is 2. The zero-order valence-electron chi connectivity index (χ0n) is 12.8. The van der Waals surface area contributed by atoms with E-state index in [-0.39, 0.29) is 24.5 Å². The zero-order valence-corrected chi connectivity index (χ0v) is 12.8. The van der Waals surface area contributed by atoms with Crippen molar-refractivity contribution in [2.24, 2.45) is 0 Å². The van der Waals surface area contributed by atoms with E-state index in [2.05, 4.69) is 4.98 Å². The fourth-order valence-electron chi connectivity index (χ4n) is 2.85. The summed E-state index contributed by atoms with van der Waals surface area (Å²) in [5, 5.41) is 19.9. The van der Waals surface area contributed by atoms with Crippen molar-refractivity contribution in [3.05, 3.63) is 71.6 Å². The highest BCUT2D eigenvalue weighted by Crippen LogP contribution is 2.38. The maximum atomic E-state index is 12.5. The largest absolute Gasteiger partial charge is 0.507 e. The molecular weight excluding hydrogens is 308 g/mol. The van der Waals surface area contributed by atoms with E-state index in [4.69, 9.17) is 0 Å². The number of hydrogen-bond acceptors (Lipinski definition) is 5. The molecule has 0 radical (unpaired) electrons. The summed E-state index contributed by atoms with van der Waals surface area (Å²) >= 11 is 0. The lowest BCUT2D eigenvalue weighted by Crippen LogP contribution is -2.32. The molecule has 6 heteroatoms. The van der Waals surface area contributed by atoms with Crippen LogP contribution in [-0.2, 0) is 9.59 Å². The first-order valence-electron chi connectivity index (χ1n) is 7.49. The summed E-state index contributed by atoms with van der Waals surface area (Å²) in [6.07, 6.45) is 3.12. The molecule has 1 aliphatic rings. The Morgan fingerprint density at radius 2 is 1.88 bits per heavy atom. The van der Waals surface area contributed by atoms with Crippen LogP contribution >= 0.6 is 0 Å². The number of pyridine rings is 1. The van der Waals surface area contributed by atoms with Crippen LogP contribution in [0.5, 0.6) is 0 Å². The van der Waals surface area contributed by atoms with Crippen molar-refractivity contribution in [2.75, 3.05) is 13.2 Å². The number of aliphatic hydroxyl groups excluding tert-OH is 2. The third-order valence-electron chi connectivity index (χ3n) is 3.93. The van der Waals surface area contributed by atoms with E-state index in [0.29, 0.717) is 11.1 Å². The normalized spacial score (nSPS) is 19.7. The number of hydrogen-bond donors (Lipinski definition) is 2. The Bertz CT molecular complexity index is 787. The number of Topliss-reactive ketones (excluding diaryl/α,β-unsaturated/α-hetero) is 1. The summed E-state index contributed by atoms with van der Waals surface area (Å²) in [6.45, 7) is -0.287. The van der Waals surface area contributed by atoms with Crippen LogP contribution in [0.4, 0.5) is 0 Å². The van der Waals surface area contributed by atoms with E-state index in [1.165, 1.54) is 4.90 Å². The minimum Gasteiger partial charge on any atom is -0.507 e. The Balaban J connectivity index is 2.18. The lowest BCUT2D eigenvalue weighted by molar-refractivity contribution is -0.140. The summed E-state index contributed by atoms with van der Waals surface area (Å²) in [5.74, 6) is -1.74. The molecule has 0 bridgehead atoms. The quantitative estimate of drug-likeness (QED) is 0.505. The predicted octanol–water partition coefficient (Wildman–Crippen LogP) is 1.50. The summed E-state index contributed by atoms with van der Waals surface area (Å²) in [6, 6.07) is 11.2. The Morgan fingerprint density at radius 1 is 1.12 bits per heavy atom. The van der Waals surface area contributed by atoms with Gasteiger partial charge in [-0.05, 0) is 11.6 Å². The number of aromatic nitrogens is 1. The number of ketones is 1. The molecule has 0 spiro atoms. The van der Waals surface area contributed by atoms with Crippen molar-refractivity contribution in [2.45, 2.75) is 6.04 Å². The van der Waals surface area contributed by atoms with E-state index < -0.39 is 17.7 Å². The summed E-state index contributed by atoms with van der Waals surface area (Å²) in [4.78, 5) is 30.1. The van der Waals surface area contributed by atoms with Gasteiger partial charge in [0.1, 0.15) is 5.76 Å². The Labute approximate surface area is 138 Å². The second-order valence-corrected chi connectivity index (χ2v) is 5.37. The van der Waals surface area contributed by atoms with Gasteiger partial charge >= 0.3 is 0 Å². The van der Waals surface area contributed by atoms with Crippen molar-refractivity contribution >= 4 is 17.4 Å². The molecule has 1 saturated heterocycles. The molecule has 1 fully saturated rings. The van der Waals surface area contributed by atoms with E-state index in [1.807, 2.05) is 0 Å². The Hall–Kier alpha value is -2.99. The van der Waals surface area contributed by atoms with Gasteiger partial charge in [0, 0.05) is 24.5 Å². The molecule has 2 aromatic rings. The molecule has 0 aliphatic carbocycles. The highest BCUT2D eigenvalue weighted by Gasteiger charge is 2.45. The fraction of sp³-hybridized carbons (Fsp3) is 0.167. The molecule has 6 nitrogen and oxygen atoms in total. The topological polar surface area (TPSA) is 90.7 Å². The molecule has 1 unspecified atom stereocenters. The van der Waals surface area contributed by atoms with Crippen LogP contribution in [0.25, 0.3) is 5.76 Å². The van der Waals surface area contributed by atoms with Gasteiger partial charge in [-0.1, -0.05) is 36.4 Å². The van der Waals surface area contributed by atoms with Gasteiger partial charge in [0.2, 0.25) is 0 Å². The second-order valence-electron chi connectivity index (χ2n) is 5.37. The van der Waals surface area contributed by atoms with Crippen LogP contribution in [0.3, 0.4) is 0 Å². The van der Waals surface area contributed by atoms with E-state index in [0.717, 1.165) is 0 Å². The highest BCUT2D eigenvalue weighted by molar-refractivity contribution is 6.46. The van der Waals surface area contributed by atoms with Gasteiger partial charge in [-0.15, -0.1) is 0 Å². The first-order chi connectivity index (χ1) is 11.6. The molecule has 2 N–H and O–H groups in total. The van der Waals surface area contributed by atoms with Crippen LogP contribution in [0, 0.1) is 0 Å². The smallest absolute Gasteiger partial charge is 0.295 e. The molecule has 2 heterocycles. The lowest BCUT2D eigenvalue weighted by atomic mass is 9.96. The van der Waals surface area contributed by atoms with Crippen molar-refractivity contribution in [3.63, 3.8) is 0 Å². The van der Waals surface area contributed by atoms with Crippen molar-refractivity contribution < 1.29 is 19.8 Å². The van der Waals surface area contributed by atoms with Crippen molar-refractivity contribution in [1.82, 2.24) is 9.88 Å². The first kappa shape index (κ1) is 15.9. The number of amides is 1. The minimum atomic E-state index is -0.772. The van der Waals surface area contributed by atoms with Gasteiger partial charge in [0.05, 0.1) is 18.2 Å². The molecule has 1 atom stereocenters. The summed E-state index contributed by atoms with van der Waals surface area (Å²) < 4.78 is 0. The number of rotatable bonds is 4. The van der Waals surface area contributed by atoms with E-state index in [1.54, 1.807) is 54.9 Å². The third kappa shape index (κ3) is 2.68. The average molecular weight is 324 g/mol. The summed E-state index contributed by atoms with van der Waals surface area (Å²) in [5.41, 5.74) is 1.06. The van der Waals surface area contributed by atoms with Gasteiger partial charge in [-0.25, -0.2) is 0 Å². The van der Waals surface area contributed by atoms with Gasteiger partial charge in [-0.3, -0.25) is 14.6 Å². The molecule has 0 saturated carbocycles. The summed E-state index contributed by atoms with van der Waals surface area (Å²) in [7, 11) is 0. The van der Waals surface area contributed by atoms with Crippen LogP contribution in [0.15, 0.2) is 60.4 Å². The maximum Gasteiger partial charge on any atom is 0.295 e. The zero-order chi connectivity index (χ0) is 17.1. The highest BCUT2D eigenvalue weighted by atomic mass is 16.3.